The zero-order valence-electron chi connectivity index (χ0n) is 14.5. The van der Waals surface area contributed by atoms with E-state index in [0.29, 0.717) is 22.6 Å². The number of ether oxygens (including phenoxy) is 1. The lowest BCUT2D eigenvalue weighted by Crippen LogP contribution is -2.17. The minimum atomic E-state index is -0.534. The van der Waals surface area contributed by atoms with Crippen LogP contribution in [0.15, 0.2) is 65.7 Å². The molecular weight excluding hydrogens is 344 g/mol. The molecule has 4 aromatic rings. The fraction of sp³-hybridized carbons (Fsp3) is 0.100. The molecule has 3 aromatic heterocycles. The van der Waals surface area contributed by atoms with Crippen molar-refractivity contribution in [1.29, 1.82) is 0 Å². The number of hydrogen-bond acceptors (Lipinski definition) is 5. The van der Waals surface area contributed by atoms with Crippen LogP contribution in [0, 0.1) is 6.92 Å². The average molecular weight is 360 g/mol. The normalized spacial score (nSPS) is 10.9. The SMILES string of the molecule is Cc1ccc2nc(COC(=O)c3cn[nH]c3-c3ccccc3)cc(=O)n2c1. The topological polar surface area (TPSA) is 89.3 Å². The van der Waals surface area contributed by atoms with Crippen molar-refractivity contribution in [3.05, 3.63) is 88.1 Å². The van der Waals surface area contributed by atoms with Gasteiger partial charge in [0.05, 0.1) is 17.6 Å². The second kappa shape index (κ2) is 6.87. The molecule has 134 valence electrons. The first-order valence-corrected chi connectivity index (χ1v) is 8.37. The van der Waals surface area contributed by atoms with E-state index >= 15 is 0 Å². The maximum atomic E-state index is 12.5. The predicted molar refractivity (Wildman–Crippen MR) is 99.3 cm³/mol. The number of rotatable bonds is 4. The number of nitrogens with one attached hydrogen (secondary N) is 1. The Morgan fingerprint density at radius 2 is 2.00 bits per heavy atom. The summed E-state index contributed by atoms with van der Waals surface area (Å²) in [6.07, 6.45) is 3.15. The number of hydrogen-bond donors (Lipinski definition) is 1. The number of pyridine rings is 1. The summed E-state index contributed by atoms with van der Waals surface area (Å²) < 4.78 is 6.82. The van der Waals surface area contributed by atoms with Crippen LogP contribution in [0.3, 0.4) is 0 Å². The third-order valence-electron chi connectivity index (χ3n) is 4.13. The minimum absolute atomic E-state index is 0.0993. The van der Waals surface area contributed by atoms with E-state index in [4.69, 9.17) is 4.74 Å². The standard InChI is InChI=1S/C20H16N4O3/c1-13-7-8-17-22-15(9-18(25)24(17)11-13)12-27-20(26)16-10-21-23-19(16)14-5-3-2-4-6-14/h2-11H,12H2,1H3,(H,21,23). The highest BCUT2D eigenvalue weighted by Gasteiger charge is 2.17. The largest absolute Gasteiger partial charge is 0.455 e. The lowest BCUT2D eigenvalue weighted by molar-refractivity contribution is 0.0468. The van der Waals surface area contributed by atoms with Gasteiger partial charge in [-0.15, -0.1) is 0 Å². The lowest BCUT2D eigenvalue weighted by atomic mass is 10.1. The maximum Gasteiger partial charge on any atom is 0.342 e. The van der Waals surface area contributed by atoms with E-state index in [0.717, 1.165) is 11.1 Å². The zero-order valence-corrected chi connectivity index (χ0v) is 14.5. The summed E-state index contributed by atoms with van der Waals surface area (Å²) in [5.74, 6) is -0.534. The van der Waals surface area contributed by atoms with Crippen molar-refractivity contribution in [3.63, 3.8) is 0 Å². The van der Waals surface area contributed by atoms with Crippen LogP contribution in [-0.4, -0.2) is 25.6 Å². The van der Waals surface area contributed by atoms with Gasteiger partial charge in [0.2, 0.25) is 0 Å². The summed E-state index contributed by atoms with van der Waals surface area (Å²) in [5.41, 5.74) is 3.38. The van der Waals surface area contributed by atoms with Crippen LogP contribution in [0.2, 0.25) is 0 Å². The Balaban J connectivity index is 1.56. The number of fused-ring (bicyclic) bond motifs is 1. The Bertz CT molecular complexity index is 1180. The van der Waals surface area contributed by atoms with Gasteiger partial charge in [-0.25, -0.2) is 9.78 Å². The molecule has 1 N–H and O–H groups in total. The number of H-pyrrole nitrogens is 1. The lowest BCUT2D eigenvalue weighted by Gasteiger charge is -2.07. The van der Waals surface area contributed by atoms with Crippen LogP contribution in [0.1, 0.15) is 21.6 Å². The van der Waals surface area contributed by atoms with Gasteiger partial charge in [0.15, 0.2) is 0 Å². The van der Waals surface area contributed by atoms with Crippen molar-refractivity contribution in [1.82, 2.24) is 19.6 Å². The highest BCUT2D eigenvalue weighted by molar-refractivity contribution is 5.95. The minimum Gasteiger partial charge on any atom is -0.455 e. The van der Waals surface area contributed by atoms with E-state index in [2.05, 4.69) is 15.2 Å². The van der Waals surface area contributed by atoms with Gasteiger partial charge >= 0.3 is 5.97 Å². The van der Waals surface area contributed by atoms with Crippen LogP contribution < -0.4 is 5.56 Å². The Hall–Kier alpha value is -3.74. The van der Waals surface area contributed by atoms with E-state index in [9.17, 15) is 9.59 Å². The fourth-order valence-corrected chi connectivity index (χ4v) is 2.82. The van der Waals surface area contributed by atoms with Gasteiger partial charge in [-0.1, -0.05) is 36.4 Å². The Morgan fingerprint density at radius 1 is 1.19 bits per heavy atom. The summed E-state index contributed by atoms with van der Waals surface area (Å²) >= 11 is 0. The van der Waals surface area contributed by atoms with Gasteiger partial charge in [0.25, 0.3) is 5.56 Å². The second-order valence-electron chi connectivity index (χ2n) is 6.12. The van der Waals surface area contributed by atoms with Gasteiger partial charge in [0, 0.05) is 17.8 Å². The number of aromatic nitrogens is 4. The first-order valence-electron chi connectivity index (χ1n) is 8.37. The molecule has 0 radical (unpaired) electrons. The molecule has 1 aromatic carbocycles. The molecule has 0 amide bonds. The molecule has 0 bridgehead atoms. The monoisotopic (exact) mass is 360 g/mol. The Kier molecular flexibility index (Phi) is 4.25. The van der Waals surface area contributed by atoms with E-state index in [1.54, 1.807) is 12.3 Å². The van der Waals surface area contributed by atoms with Gasteiger partial charge < -0.3 is 4.74 Å². The quantitative estimate of drug-likeness (QED) is 0.565. The van der Waals surface area contributed by atoms with Crippen LogP contribution in [0.4, 0.5) is 0 Å². The van der Waals surface area contributed by atoms with Crippen molar-refractivity contribution >= 4 is 11.6 Å². The summed E-state index contributed by atoms with van der Waals surface area (Å²) in [5, 5.41) is 6.76. The van der Waals surface area contributed by atoms with Crippen molar-refractivity contribution in [2.45, 2.75) is 13.5 Å². The van der Waals surface area contributed by atoms with Crippen molar-refractivity contribution < 1.29 is 9.53 Å². The second-order valence-corrected chi connectivity index (χ2v) is 6.12. The van der Waals surface area contributed by atoms with Crippen LogP contribution in [-0.2, 0) is 11.3 Å². The third kappa shape index (κ3) is 3.35. The van der Waals surface area contributed by atoms with Crippen molar-refractivity contribution in [2.24, 2.45) is 0 Å². The predicted octanol–water partition coefficient (Wildman–Crippen LogP) is 2.75. The Morgan fingerprint density at radius 3 is 2.81 bits per heavy atom. The number of carbonyl (C=O) groups excluding carboxylic acids is 1. The molecule has 0 atom stereocenters. The number of carbonyl (C=O) groups is 1. The maximum absolute atomic E-state index is 12.5. The molecule has 0 aliphatic heterocycles. The van der Waals surface area contributed by atoms with E-state index in [-0.39, 0.29) is 12.2 Å². The highest BCUT2D eigenvalue weighted by atomic mass is 16.5. The van der Waals surface area contributed by atoms with Gasteiger partial charge in [-0.05, 0) is 18.6 Å². The van der Waals surface area contributed by atoms with Gasteiger partial charge in [-0.2, -0.15) is 5.10 Å². The molecule has 0 unspecified atom stereocenters. The summed E-state index contributed by atoms with van der Waals surface area (Å²) in [6, 6.07) is 14.4. The summed E-state index contributed by atoms with van der Waals surface area (Å²) in [4.78, 5) is 29.1. The smallest absolute Gasteiger partial charge is 0.342 e. The van der Waals surface area contributed by atoms with E-state index in [1.807, 2.05) is 43.3 Å². The average Bonchev–Trinajstić information content (AvgIpc) is 3.17. The fourth-order valence-electron chi connectivity index (χ4n) is 2.82. The third-order valence-corrected chi connectivity index (χ3v) is 4.13. The highest BCUT2D eigenvalue weighted by Crippen LogP contribution is 2.21. The molecule has 3 heterocycles. The molecular formula is C20H16N4O3. The number of aryl methyl sites for hydroxylation is 1. The molecule has 0 aliphatic carbocycles. The summed E-state index contributed by atoms with van der Waals surface area (Å²) in [6.45, 7) is 1.80. The molecule has 0 saturated carbocycles. The van der Waals surface area contributed by atoms with E-state index < -0.39 is 5.97 Å². The molecule has 27 heavy (non-hydrogen) atoms. The molecule has 0 saturated heterocycles. The molecule has 4 rings (SSSR count). The first-order chi connectivity index (χ1) is 13.1. The van der Waals surface area contributed by atoms with Crippen molar-refractivity contribution in [2.75, 3.05) is 0 Å². The molecule has 0 spiro atoms. The number of nitrogens with zero attached hydrogens (tertiary/aromatic N) is 3. The molecule has 0 aliphatic rings. The van der Waals surface area contributed by atoms with Crippen LogP contribution >= 0.6 is 0 Å². The van der Waals surface area contributed by atoms with Crippen LogP contribution in [0.25, 0.3) is 16.9 Å². The summed E-state index contributed by atoms with van der Waals surface area (Å²) in [7, 11) is 0. The molecule has 7 heteroatoms. The Labute approximate surface area is 154 Å². The number of aromatic amines is 1. The number of esters is 1. The van der Waals surface area contributed by atoms with Gasteiger partial charge in [-0.3, -0.25) is 14.3 Å². The van der Waals surface area contributed by atoms with Gasteiger partial charge in [0.1, 0.15) is 17.8 Å². The van der Waals surface area contributed by atoms with E-state index in [1.165, 1.54) is 16.7 Å². The van der Waals surface area contributed by atoms with Crippen molar-refractivity contribution in [3.8, 4) is 11.3 Å². The molecule has 0 fully saturated rings. The zero-order chi connectivity index (χ0) is 18.8. The van der Waals surface area contributed by atoms with Crippen LogP contribution in [0.5, 0.6) is 0 Å². The molecule has 7 nitrogen and oxygen atoms in total. The first kappa shape index (κ1) is 16.7. The number of benzene rings is 1.